The Bertz CT molecular complexity index is 1080. The summed E-state index contributed by atoms with van der Waals surface area (Å²) in [5, 5.41) is 0. The van der Waals surface area contributed by atoms with Crippen LogP contribution in [0.2, 0.25) is 0 Å². The molecule has 0 spiro atoms. The largest absolute Gasteiger partial charge is 0.469 e. The zero-order valence-corrected chi connectivity index (χ0v) is 31.9. The highest BCUT2D eigenvalue weighted by Gasteiger charge is 2.22. The van der Waals surface area contributed by atoms with Crippen molar-refractivity contribution in [2.24, 2.45) is 0 Å². The maximum absolute atomic E-state index is 12.3. The molecule has 0 saturated heterocycles. The lowest BCUT2D eigenvalue weighted by atomic mass is 10.1. The van der Waals surface area contributed by atoms with Crippen molar-refractivity contribution >= 4 is 19.8 Å². The Morgan fingerprint density at radius 3 is 1.52 bits per heavy atom. The van der Waals surface area contributed by atoms with Crippen molar-refractivity contribution in [3.05, 3.63) is 85.1 Å². The van der Waals surface area contributed by atoms with Crippen molar-refractivity contribution in [2.45, 2.75) is 148 Å². The molecule has 50 heavy (non-hydrogen) atoms. The topological polar surface area (TPSA) is 119 Å². The summed E-state index contributed by atoms with van der Waals surface area (Å²) in [6.45, 7) is 3.46. The minimum Gasteiger partial charge on any atom is -0.462 e. The van der Waals surface area contributed by atoms with E-state index >= 15 is 0 Å². The van der Waals surface area contributed by atoms with Gasteiger partial charge >= 0.3 is 19.8 Å². The zero-order chi connectivity index (χ0) is 36.8. The fourth-order valence-electron chi connectivity index (χ4n) is 4.63. The number of ether oxygens (including phenoxy) is 2. The van der Waals surface area contributed by atoms with Crippen molar-refractivity contribution in [3.63, 3.8) is 0 Å². The van der Waals surface area contributed by atoms with Crippen LogP contribution >= 0.6 is 7.82 Å². The molecule has 0 radical (unpaired) electrons. The summed E-state index contributed by atoms with van der Waals surface area (Å²) >= 11 is 0. The monoisotopic (exact) mass is 718 g/mol. The number of rotatable bonds is 33. The van der Waals surface area contributed by atoms with Gasteiger partial charge in [-0.2, -0.15) is 0 Å². The number of hydrogen-bond donors (Lipinski definition) is 2. The second kappa shape index (κ2) is 36.0. The normalized spacial score (nSPS) is 13.4. The van der Waals surface area contributed by atoms with Crippen LogP contribution in [0.3, 0.4) is 0 Å². The zero-order valence-electron chi connectivity index (χ0n) is 31.0. The molecule has 0 aliphatic heterocycles. The van der Waals surface area contributed by atoms with Gasteiger partial charge in [0.1, 0.15) is 6.61 Å². The third kappa shape index (κ3) is 38.0. The third-order valence-electron chi connectivity index (χ3n) is 7.41. The molecule has 1 atom stereocenters. The number of esters is 2. The summed E-state index contributed by atoms with van der Waals surface area (Å²) in [4.78, 5) is 42.6. The van der Waals surface area contributed by atoms with Crippen LogP contribution in [0.1, 0.15) is 142 Å². The smallest absolute Gasteiger partial charge is 0.462 e. The minimum atomic E-state index is -4.78. The number of phosphoric acid groups is 1. The lowest BCUT2D eigenvalue weighted by Crippen LogP contribution is -2.29. The molecule has 0 aromatic carbocycles. The Labute approximate surface area is 303 Å². The number of allylic oxidation sites excluding steroid dienone is 14. The van der Waals surface area contributed by atoms with E-state index in [2.05, 4.69) is 91.3 Å². The van der Waals surface area contributed by atoms with E-state index in [9.17, 15) is 14.2 Å². The number of carbonyl (C=O) groups is 2. The number of carbonyl (C=O) groups excluding carboxylic acids is 2. The summed E-state index contributed by atoms with van der Waals surface area (Å²) in [6.07, 6.45) is 47.4. The summed E-state index contributed by atoms with van der Waals surface area (Å²) in [5.41, 5.74) is 0. The van der Waals surface area contributed by atoms with E-state index in [0.29, 0.717) is 12.8 Å². The van der Waals surface area contributed by atoms with Crippen molar-refractivity contribution in [3.8, 4) is 0 Å². The third-order valence-corrected chi connectivity index (χ3v) is 7.90. The lowest BCUT2D eigenvalue weighted by Gasteiger charge is -2.18. The SMILES string of the molecule is CC/C=C/C/C=C/C/C=C/C/C=C/C/C=C/C/C=C/CCC(=O)O[C@H](COC(=O)CCCCCCC/C=C/CCCCCC)COP(=O)(O)O. The Balaban J connectivity index is 4.15. The van der Waals surface area contributed by atoms with Crippen LogP contribution in [0.25, 0.3) is 0 Å². The Hall–Kier alpha value is -2.77. The summed E-state index contributed by atoms with van der Waals surface area (Å²) < 4.78 is 26.2. The predicted molar refractivity (Wildman–Crippen MR) is 207 cm³/mol. The van der Waals surface area contributed by atoms with Gasteiger partial charge in [0.25, 0.3) is 0 Å². The van der Waals surface area contributed by atoms with Gasteiger partial charge in [-0.1, -0.05) is 137 Å². The predicted octanol–water partition coefficient (Wildman–Crippen LogP) is 11.3. The molecule has 284 valence electrons. The molecule has 0 rings (SSSR count). The van der Waals surface area contributed by atoms with Gasteiger partial charge in [0.05, 0.1) is 6.61 Å². The molecule has 0 aromatic rings. The van der Waals surface area contributed by atoms with Gasteiger partial charge in [-0.25, -0.2) is 4.57 Å². The van der Waals surface area contributed by atoms with Crippen molar-refractivity contribution in [1.82, 2.24) is 0 Å². The average Bonchev–Trinajstić information content (AvgIpc) is 3.08. The molecular formula is C41H67O8P. The fourth-order valence-corrected chi connectivity index (χ4v) is 4.99. The van der Waals surface area contributed by atoms with E-state index in [1.807, 2.05) is 12.2 Å². The van der Waals surface area contributed by atoms with Gasteiger partial charge in [0.2, 0.25) is 0 Å². The molecule has 0 aromatic heterocycles. The standard InChI is InChI=1S/C41H67O8P/c1-3-5-7-9-11-13-15-17-18-19-20-21-22-24-26-28-30-32-34-36-41(43)49-39(38-48-50(44,45)46)37-47-40(42)35-33-31-29-27-25-23-16-14-12-10-8-6-4-2/h5,7,11,13-14,16-18,20-21,24,26,30,32,39H,3-4,6,8-10,12,15,19,22-23,25,27-29,31,33-38H2,1-2H3,(H2,44,45,46)/b7-5+,13-11+,16-14+,18-17+,21-20+,26-24+,32-30+/t39-/m1/s1. The van der Waals surface area contributed by atoms with Gasteiger partial charge in [0.15, 0.2) is 6.10 Å². The highest BCUT2D eigenvalue weighted by molar-refractivity contribution is 7.46. The summed E-state index contributed by atoms with van der Waals surface area (Å²) in [7, 11) is -4.78. The van der Waals surface area contributed by atoms with Gasteiger partial charge in [-0.05, 0) is 77.0 Å². The van der Waals surface area contributed by atoms with Crippen LogP contribution in [0, 0.1) is 0 Å². The van der Waals surface area contributed by atoms with E-state index in [1.54, 1.807) is 0 Å². The second-order valence-electron chi connectivity index (χ2n) is 12.2. The van der Waals surface area contributed by atoms with Crippen LogP contribution in [-0.2, 0) is 28.2 Å². The van der Waals surface area contributed by atoms with E-state index in [1.165, 1.54) is 25.7 Å². The molecule has 9 heteroatoms. The molecular weight excluding hydrogens is 651 g/mol. The molecule has 0 amide bonds. The van der Waals surface area contributed by atoms with Crippen LogP contribution < -0.4 is 0 Å². The van der Waals surface area contributed by atoms with Crippen LogP contribution in [0.5, 0.6) is 0 Å². The Kier molecular flexibility index (Phi) is 34.0. The Morgan fingerprint density at radius 2 is 1.00 bits per heavy atom. The van der Waals surface area contributed by atoms with Crippen molar-refractivity contribution in [2.75, 3.05) is 13.2 Å². The molecule has 0 unspecified atom stereocenters. The first-order chi connectivity index (χ1) is 24.3. The van der Waals surface area contributed by atoms with E-state index in [4.69, 9.17) is 19.3 Å². The molecule has 0 bridgehead atoms. The average molecular weight is 719 g/mol. The van der Waals surface area contributed by atoms with E-state index in [-0.39, 0.29) is 19.4 Å². The van der Waals surface area contributed by atoms with E-state index < -0.39 is 32.5 Å². The highest BCUT2D eigenvalue weighted by Crippen LogP contribution is 2.35. The quantitative estimate of drug-likeness (QED) is 0.0298. The number of phosphoric ester groups is 1. The van der Waals surface area contributed by atoms with E-state index in [0.717, 1.165) is 77.0 Å². The van der Waals surface area contributed by atoms with Crippen LogP contribution in [0.4, 0.5) is 0 Å². The van der Waals surface area contributed by atoms with Crippen LogP contribution in [-0.4, -0.2) is 41.0 Å². The highest BCUT2D eigenvalue weighted by atomic mass is 31.2. The van der Waals surface area contributed by atoms with Gasteiger partial charge < -0.3 is 19.3 Å². The number of unbranched alkanes of at least 4 members (excludes halogenated alkanes) is 9. The molecule has 0 saturated carbocycles. The second-order valence-corrected chi connectivity index (χ2v) is 13.4. The van der Waals surface area contributed by atoms with Gasteiger partial charge in [-0.15, -0.1) is 0 Å². The molecule has 0 heterocycles. The van der Waals surface area contributed by atoms with Gasteiger partial charge in [0, 0.05) is 12.8 Å². The first kappa shape index (κ1) is 47.2. The first-order valence-electron chi connectivity index (χ1n) is 18.9. The lowest BCUT2D eigenvalue weighted by molar-refractivity contribution is -0.161. The van der Waals surface area contributed by atoms with Gasteiger partial charge in [-0.3, -0.25) is 14.1 Å². The summed E-state index contributed by atoms with van der Waals surface area (Å²) in [5.74, 6) is -1.00. The fraction of sp³-hybridized carbons (Fsp3) is 0.610. The number of hydrogen-bond acceptors (Lipinski definition) is 6. The summed E-state index contributed by atoms with van der Waals surface area (Å²) in [6, 6.07) is 0. The molecule has 2 N–H and O–H groups in total. The van der Waals surface area contributed by atoms with Crippen LogP contribution in [0.15, 0.2) is 85.1 Å². The maximum Gasteiger partial charge on any atom is 0.469 e. The molecule has 0 aliphatic rings. The Morgan fingerprint density at radius 1 is 0.540 bits per heavy atom. The molecule has 0 aliphatic carbocycles. The maximum atomic E-state index is 12.3. The van der Waals surface area contributed by atoms with Crippen molar-refractivity contribution < 1.29 is 37.9 Å². The molecule has 0 fully saturated rings. The minimum absolute atomic E-state index is 0.0806. The van der Waals surface area contributed by atoms with Crippen molar-refractivity contribution in [1.29, 1.82) is 0 Å². The first-order valence-corrected chi connectivity index (χ1v) is 20.4. The molecule has 8 nitrogen and oxygen atoms in total.